The van der Waals surface area contributed by atoms with E-state index < -0.39 is 0 Å². The average molecular weight is 418 g/mol. The third-order valence-corrected chi connectivity index (χ3v) is 5.72. The molecule has 9 heteroatoms. The highest BCUT2D eigenvalue weighted by Crippen LogP contribution is 2.31. The third-order valence-electron chi connectivity index (χ3n) is 4.61. The molecule has 5 rings (SSSR count). The van der Waals surface area contributed by atoms with Gasteiger partial charge in [0.1, 0.15) is 22.8 Å². The predicted molar refractivity (Wildman–Crippen MR) is 113 cm³/mol. The first-order valence-corrected chi connectivity index (χ1v) is 9.91. The van der Waals surface area contributed by atoms with Gasteiger partial charge in [0.25, 0.3) is 5.91 Å². The standard InChI is InChI=1S/C21H15FN6OS/c1-13-17-10-18(30-21(17)28(26-13)16-5-2-14(22)3-6-16)20(29)25-15-4-7-19(24-11-15)27-9-8-23-12-27/h2-12H,1H3,(H,25,29). The highest BCUT2D eigenvalue weighted by Gasteiger charge is 2.17. The van der Waals surface area contributed by atoms with Crippen LogP contribution >= 0.6 is 11.3 Å². The number of halogens is 1. The lowest BCUT2D eigenvalue weighted by molar-refractivity contribution is 0.103. The van der Waals surface area contributed by atoms with Gasteiger partial charge in [0.05, 0.1) is 28.1 Å². The van der Waals surface area contributed by atoms with Crippen LogP contribution in [0.4, 0.5) is 10.1 Å². The Morgan fingerprint density at radius 3 is 2.70 bits per heavy atom. The van der Waals surface area contributed by atoms with Crippen molar-refractivity contribution in [3.63, 3.8) is 0 Å². The average Bonchev–Trinajstić information content (AvgIpc) is 3.48. The summed E-state index contributed by atoms with van der Waals surface area (Å²) < 4.78 is 16.8. The number of nitrogens with zero attached hydrogens (tertiary/aromatic N) is 5. The number of nitrogens with one attached hydrogen (secondary N) is 1. The van der Waals surface area contributed by atoms with Gasteiger partial charge < -0.3 is 5.32 Å². The number of amides is 1. The van der Waals surface area contributed by atoms with Crippen LogP contribution in [0.1, 0.15) is 15.4 Å². The molecule has 0 saturated carbocycles. The first kappa shape index (κ1) is 18.2. The zero-order valence-corrected chi connectivity index (χ0v) is 16.6. The highest BCUT2D eigenvalue weighted by molar-refractivity contribution is 7.20. The summed E-state index contributed by atoms with van der Waals surface area (Å²) in [4.78, 5) is 22.5. The van der Waals surface area contributed by atoms with Crippen molar-refractivity contribution >= 4 is 33.1 Å². The van der Waals surface area contributed by atoms with E-state index in [1.54, 1.807) is 58.4 Å². The van der Waals surface area contributed by atoms with E-state index in [0.29, 0.717) is 16.4 Å². The predicted octanol–water partition coefficient (Wildman–Crippen LogP) is 4.37. The van der Waals surface area contributed by atoms with Gasteiger partial charge in [-0.15, -0.1) is 11.3 Å². The second-order valence-electron chi connectivity index (χ2n) is 6.63. The number of imidazole rings is 1. The largest absolute Gasteiger partial charge is 0.320 e. The Bertz CT molecular complexity index is 1340. The topological polar surface area (TPSA) is 77.6 Å². The lowest BCUT2D eigenvalue weighted by Crippen LogP contribution is -2.10. The number of carbonyl (C=O) groups excluding carboxylic acids is 1. The summed E-state index contributed by atoms with van der Waals surface area (Å²) in [5, 5.41) is 8.29. The molecule has 0 radical (unpaired) electrons. The summed E-state index contributed by atoms with van der Waals surface area (Å²) in [5.41, 5.74) is 2.14. The molecule has 0 unspecified atom stereocenters. The van der Waals surface area contributed by atoms with Crippen molar-refractivity contribution in [1.82, 2.24) is 24.3 Å². The smallest absolute Gasteiger partial charge is 0.265 e. The van der Waals surface area contributed by atoms with Crippen LogP contribution in [0.15, 0.2) is 67.4 Å². The van der Waals surface area contributed by atoms with Gasteiger partial charge in [-0.3, -0.25) is 9.36 Å². The molecule has 0 saturated heterocycles. The normalized spacial score (nSPS) is 11.1. The molecule has 1 N–H and O–H groups in total. The van der Waals surface area contributed by atoms with Gasteiger partial charge in [-0.2, -0.15) is 5.10 Å². The van der Waals surface area contributed by atoms with Gasteiger partial charge in [-0.1, -0.05) is 0 Å². The van der Waals surface area contributed by atoms with Crippen molar-refractivity contribution in [2.45, 2.75) is 6.92 Å². The maximum Gasteiger partial charge on any atom is 0.265 e. The van der Waals surface area contributed by atoms with E-state index in [9.17, 15) is 9.18 Å². The van der Waals surface area contributed by atoms with E-state index in [1.165, 1.54) is 23.5 Å². The molecule has 30 heavy (non-hydrogen) atoms. The molecule has 0 bridgehead atoms. The number of anilines is 1. The number of rotatable bonds is 4. The first-order valence-electron chi connectivity index (χ1n) is 9.09. The molecule has 0 spiro atoms. The van der Waals surface area contributed by atoms with Crippen molar-refractivity contribution in [1.29, 1.82) is 0 Å². The molecule has 0 aliphatic carbocycles. The minimum absolute atomic E-state index is 0.224. The number of hydrogen-bond donors (Lipinski definition) is 1. The number of thiophene rings is 1. The maximum absolute atomic E-state index is 13.3. The Hall–Kier alpha value is -3.85. The van der Waals surface area contributed by atoms with Crippen LogP contribution in [-0.2, 0) is 0 Å². The van der Waals surface area contributed by atoms with Crippen LogP contribution in [0.25, 0.3) is 21.7 Å². The monoisotopic (exact) mass is 418 g/mol. The van der Waals surface area contributed by atoms with Gasteiger partial charge in [-0.05, 0) is 49.4 Å². The molecule has 5 aromatic rings. The van der Waals surface area contributed by atoms with Gasteiger partial charge in [0.15, 0.2) is 0 Å². The van der Waals surface area contributed by atoms with Crippen LogP contribution < -0.4 is 5.32 Å². The second-order valence-corrected chi connectivity index (χ2v) is 7.66. The summed E-state index contributed by atoms with van der Waals surface area (Å²) in [6, 6.07) is 11.5. The quantitative estimate of drug-likeness (QED) is 0.470. The van der Waals surface area contributed by atoms with E-state index in [0.717, 1.165) is 21.6 Å². The zero-order valence-electron chi connectivity index (χ0n) is 15.8. The molecule has 1 aromatic carbocycles. The molecule has 148 valence electrons. The Kier molecular flexibility index (Phi) is 4.36. The summed E-state index contributed by atoms with van der Waals surface area (Å²) >= 11 is 1.33. The van der Waals surface area contributed by atoms with Crippen LogP contribution in [0, 0.1) is 12.7 Å². The first-order chi connectivity index (χ1) is 14.6. The Morgan fingerprint density at radius 1 is 1.17 bits per heavy atom. The molecule has 7 nitrogen and oxygen atoms in total. The molecule has 1 amide bonds. The van der Waals surface area contributed by atoms with E-state index in [4.69, 9.17) is 0 Å². The number of hydrogen-bond acceptors (Lipinski definition) is 5. The van der Waals surface area contributed by atoms with Gasteiger partial charge in [0.2, 0.25) is 0 Å². The molecule has 0 aliphatic heterocycles. The second kappa shape index (κ2) is 7.20. The zero-order chi connectivity index (χ0) is 20.7. The molecular formula is C21H15FN6OS. The molecule has 4 aromatic heterocycles. The Labute approximate surface area is 174 Å². The summed E-state index contributed by atoms with van der Waals surface area (Å²) in [6.45, 7) is 1.88. The van der Waals surface area contributed by atoms with E-state index in [-0.39, 0.29) is 11.7 Å². The number of aromatic nitrogens is 5. The van der Waals surface area contributed by atoms with Crippen molar-refractivity contribution in [2.24, 2.45) is 0 Å². The van der Waals surface area contributed by atoms with Crippen LogP contribution in [0.5, 0.6) is 0 Å². The van der Waals surface area contributed by atoms with Gasteiger partial charge in [0, 0.05) is 17.8 Å². The number of fused-ring (bicyclic) bond motifs is 1. The molecule has 4 heterocycles. The molecule has 0 aliphatic rings. The minimum atomic E-state index is -0.308. The number of aryl methyl sites for hydroxylation is 1. The van der Waals surface area contributed by atoms with Gasteiger partial charge >= 0.3 is 0 Å². The van der Waals surface area contributed by atoms with Crippen molar-refractivity contribution in [3.8, 4) is 11.5 Å². The van der Waals surface area contributed by atoms with Crippen LogP contribution in [0.2, 0.25) is 0 Å². The number of pyridine rings is 1. The molecule has 0 fully saturated rings. The number of carbonyl (C=O) groups is 1. The van der Waals surface area contributed by atoms with E-state index >= 15 is 0 Å². The van der Waals surface area contributed by atoms with Crippen molar-refractivity contribution in [2.75, 3.05) is 5.32 Å². The third kappa shape index (κ3) is 3.25. The fourth-order valence-corrected chi connectivity index (χ4v) is 4.19. The lowest BCUT2D eigenvalue weighted by atomic mass is 10.3. The summed E-state index contributed by atoms with van der Waals surface area (Å²) in [5.74, 6) is 0.179. The summed E-state index contributed by atoms with van der Waals surface area (Å²) in [6.07, 6.45) is 6.73. The minimum Gasteiger partial charge on any atom is -0.320 e. The van der Waals surface area contributed by atoms with Crippen molar-refractivity contribution in [3.05, 3.63) is 83.8 Å². The lowest BCUT2D eigenvalue weighted by Gasteiger charge is -2.05. The fraction of sp³-hybridized carbons (Fsp3) is 0.0476. The molecular weight excluding hydrogens is 403 g/mol. The fourth-order valence-electron chi connectivity index (χ4n) is 3.12. The van der Waals surface area contributed by atoms with Crippen molar-refractivity contribution < 1.29 is 9.18 Å². The molecule has 0 atom stereocenters. The van der Waals surface area contributed by atoms with Crippen LogP contribution in [0.3, 0.4) is 0 Å². The Balaban J connectivity index is 1.41. The van der Waals surface area contributed by atoms with Gasteiger partial charge in [-0.25, -0.2) is 19.0 Å². The van der Waals surface area contributed by atoms with E-state index in [1.807, 2.05) is 13.0 Å². The van der Waals surface area contributed by atoms with Crippen LogP contribution in [-0.4, -0.2) is 30.2 Å². The van der Waals surface area contributed by atoms with E-state index in [2.05, 4.69) is 20.4 Å². The summed E-state index contributed by atoms with van der Waals surface area (Å²) in [7, 11) is 0. The SMILES string of the molecule is Cc1nn(-c2ccc(F)cc2)c2sc(C(=O)Nc3ccc(-n4ccnc4)nc3)cc12. The number of benzene rings is 1. The highest BCUT2D eigenvalue weighted by atomic mass is 32.1. The maximum atomic E-state index is 13.3. The Morgan fingerprint density at radius 2 is 2.00 bits per heavy atom.